The smallest absolute Gasteiger partial charge is 0.256 e. The number of hydrogen-bond donors (Lipinski definition) is 2. The highest BCUT2D eigenvalue weighted by atomic mass is 32.2. The molecule has 0 radical (unpaired) electrons. The zero-order valence-corrected chi connectivity index (χ0v) is 18.9. The highest BCUT2D eigenvalue weighted by molar-refractivity contribution is 7.89. The van der Waals surface area contributed by atoms with Crippen molar-refractivity contribution in [3.8, 4) is 0 Å². The topological polar surface area (TPSA) is 119 Å². The summed E-state index contributed by atoms with van der Waals surface area (Å²) in [5.41, 5.74) is 7.26. The van der Waals surface area contributed by atoms with Gasteiger partial charge in [-0.3, -0.25) is 9.59 Å². The molecule has 0 bridgehead atoms. The van der Waals surface area contributed by atoms with Crippen molar-refractivity contribution in [2.45, 2.75) is 31.1 Å². The van der Waals surface area contributed by atoms with Gasteiger partial charge in [0.2, 0.25) is 10.0 Å². The number of nitrogens with zero attached hydrogens (tertiary/aromatic N) is 1. The van der Waals surface area contributed by atoms with Crippen LogP contribution in [-0.4, -0.2) is 50.8 Å². The van der Waals surface area contributed by atoms with Gasteiger partial charge in [0.05, 0.1) is 23.7 Å². The van der Waals surface area contributed by atoms with Crippen molar-refractivity contribution < 1.29 is 22.7 Å². The van der Waals surface area contributed by atoms with Crippen LogP contribution in [0.15, 0.2) is 29.2 Å². The molecular weight excluding hydrogens is 438 g/mol. The summed E-state index contributed by atoms with van der Waals surface area (Å²) in [6, 6.07) is 5.80. The largest absolute Gasteiger partial charge is 0.379 e. The van der Waals surface area contributed by atoms with Crippen LogP contribution in [0, 0.1) is 5.92 Å². The van der Waals surface area contributed by atoms with Crippen molar-refractivity contribution in [1.82, 2.24) is 4.31 Å². The molecule has 166 valence electrons. The third-order valence-corrected chi connectivity index (χ3v) is 8.83. The number of hydrogen-bond acceptors (Lipinski definition) is 6. The standard InChI is InChI=1S/C21H25N3O5S2/c1-13-2-7-17-16(12-13)18(19(22)25)21(30-17)23-20(26)14-3-5-15(6-4-14)31(27,28)24-8-10-29-11-9-24/h3-6,13H,2,7-12H2,1H3,(H2,22,25)(H,23,26)/t13-/m0/s1. The van der Waals surface area contributed by atoms with Gasteiger partial charge >= 0.3 is 0 Å². The van der Waals surface area contributed by atoms with Crippen LogP contribution in [0.3, 0.4) is 0 Å². The number of sulfonamides is 1. The Morgan fingerprint density at radius 1 is 1.19 bits per heavy atom. The number of carbonyl (C=O) groups excluding carboxylic acids is 2. The number of aryl methyl sites for hydroxylation is 1. The second kappa shape index (κ2) is 8.70. The van der Waals surface area contributed by atoms with Crippen molar-refractivity contribution in [1.29, 1.82) is 0 Å². The number of nitrogens with two attached hydrogens (primary N) is 1. The first-order valence-electron chi connectivity index (χ1n) is 10.2. The SMILES string of the molecule is C[C@H]1CCc2sc(NC(=O)c3ccc(S(=O)(=O)N4CCOCC4)cc3)c(C(N)=O)c2C1. The molecule has 2 aromatic rings. The number of primary amides is 1. The maximum Gasteiger partial charge on any atom is 0.256 e. The molecule has 0 saturated carbocycles. The molecule has 1 saturated heterocycles. The quantitative estimate of drug-likeness (QED) is 0.705. The lowest BCUT2D eigenvalue weighted by Crippen LogP contribution is -2.40. The van der Waals surface area contributed by atoms with Gasteiger partial charge in [-0.25, -0.2) is 8.42 Å². The Labute approximate surface area is 185 Å². The molecule has 2 aliphatic rings. The summed E-state index contributed by atoms with van der Waals surface area (Å²) in [7, 11) is -3.63. The Bertz CT molecular complexity index is 1100. The lowest BCUT2D eigenvalue weighted by atomic mass is 9.87. The summed E-state index contributed by atoms with van der Waals surface area (Å²) >= 11 is 1.39. The van der Waals surface area contributed by atoms with E-state index in [2.05, 4.69) is 12.2 Å². The number of ether oxygens (including phenoxy) is 1. The van der Waals surface area contributed by atoms with E-state index in [-0.39, 0.29) is 4.90 Å². The average Bonchev–Trinajstić information content (AvgIpc) is 3.11. The lowest BCUT2D eigenvalue weighted by molar-refractivity contribution is 0.0730. The van der Waals surface area contributed by atoms with E-state index in [0.717, 1.165) is 29.7 Å². The molecular formula is C21H25N3O5S2. The second-order valence-electron chi connectivity index (χ2n) is 7.92. The van der Waals surface area contributed by atoms with E-state index in [1.54, 1.807) is 0 Å². The van der Waals surface area contributed by atoms with Gasteiger partial charge in [-0.2, -0.15) is 4.31 Å². The fourth-order valence-electron chi connectivity index (χ4n) is 4.00. The van der Waals surface area contributed by atoms with Crippen LogP contribution in [0.5, 0.6) is 0 Å². The minimum atomic E-state index is -3.63. The van der Waals surface area contributed by atoms with E-state index in [1.165, 1.54) is 39.9 Å². The normalized spacial score (nSPS) is 19.6. The minimum absolute atomic E-state index is 0.129. The van der Waals surface area contributed by atoms with Crippen LogP contribution in [0.25, 0.3) is 0 Å². The van der Waals surface area contributed by atoms with Crippen LogP contribution in [0.4, 0.5) is 5.00 Å². The van der Waals surface area contributed by atoms with Crippen molar-refractivity contribution in [2.24, 2.45) is 11.7 Å². The Morgan fingerprint density at radius 3 is 2.52 bits per heavy atom. The number of thiophene rings is 1. The Balaban J connectivity index is 1.54. The molecule has 2 amide bonds. The maximum absolute atomic E-state index is 12.8. The predicted molar refractivity (Wildman–Crippen MR) is 118 cm³/mol. The van der Waals surface area contributed by atoms with Gasteiger partial charge < -0.3 is 15.8 Å². The molecule has 1 fully saturated rings. The monoisotopic (exact) mass is 463 g/mol. The summed E-state index contributed by atoms with van der Waals surface area (Å²) in [6.07, 6.45) is 2.68. The van der Waals surface area contributed by atoms with E-state index in [4.69, 9.17) is 10.5 Å². The third-order valence-electron chi connectivity index (χ3n) is 5.71. The molecule has 1 aliphatic heterocycles. The summed E-state index contributed by atoms with van der Waals surface area (Å²) in [6.45, 7) is 3.48. The Kier molecular flexibility index (Phi) is 6.16. The van der Waals surface area contributed by atoms with E-state index in [9.17, 15) is 18.0 Å². The zero-order chi connectivity index (χ0) is 22.2. The number of benzene rings is 1. The van der Waals surface area contributed by atoms with Gasteiger partial charge in [0.1, 0.15) is 5.00 Å². The highest BCUT2D eigenvalue weighted by Gasteiger charge is 2.28. The van der Waals surface area contributed by atoms with Gasteiger partial charge in [-0.15, -0.1) is 11.3 Å². The number of nitrogens with one attached hydrogen (secondary N) is 1. The van der Waals surface area contributed by atoms with E-state index in [1.807, 2.05) is 0 Å². The first-order valence-corrected chi connectivity index (χ1v) is 12.5. The maximum atomic E-state index is 12.8. The number of fused-ring (bicyclic) bond motifs is 1. The fraction of sp³-hybridized carbons (Fsp3) is 0.429. The Hall–Kier alpha value is -2.27. The molecule has 1 aromatic heterocycles. The van der Waals surface area contributed by atoms with Crippen molar-refractivity contribution in [3.63, 3.8) is 0 Å². The number of amides is 2. The van der Waals surface area contributed by atoms with Crippen LogP contribution >= 0.6 is 11.3 Å². The molecule has 31 heavy (non-hydrogen) atoms. The third kappa shape index (κ3) is 4.38. The molecule has 1 aliphatic carbocycles. The van der Waals surface area contributed by atoms with E-state index in [0.29, 0.717) is 48.3 Å². The lowest BCUT2D eigenvalue weighted by Gasteiger charge is -2.26. The van der Waals surface area contributed by atoms with Crippen LogP contribution < -0.4 is 11.1 Å². The van der Waals surface area contributed by atoms with E-state index < -0.39 is 21.8 Å². The molecule has 1 aromatic carbocycles. The molecule has 3 N–H and O–H groups in total. The molecule has 0 spiro atoms. The number of morpholine rings is 1. The molecule has 1 atom stereocenters. The van der Waals surface area contributed by atoms with Crippen molar-refractivity contribution in [2.75, 3.05) is 31.6 Å². The first kappa shape index (κ1) is 21.9. The zero-order valence-electron chi connectivity index (χ0n) is 17.2. The summed E-state index contributed by atoms with van der Waals surface area (Å²) < 4.78 is 32.1. The summed E-state index contributed by atoms with van der Waals surface area (Å²) in [5.74, 6) is -0.497. The number of carbonyl (C=O) groups is 2. The van der Waals surface area contributed by atoms with Crippen LogP contribution in [0.2, 0.25) is 0 Å². The van der Waals surface area contributed by atoms with E-state index >= 15 is 0 Å². The Morgan fingerprint density at radius 2 is 1.87 bits per heavy atom. The minimum Gasteiger partial charge on any atom is -0.379 e. The second-order valence-corrected chi connectivity index (χ2v) is 11.0. The summed E-state index contributed by atoms with van der Waals surface area (Å²) in [4.78, 5) is 26.1. The average molecular weight is 464 g/mol. The molecule has 8 nitrogen and oxygen atoms in total. The van der Waals surface area contributed by atoms with Crippen LogP contribution in [0.1, 0.15) is 44.5 Å². The fourth-order valence-corrected chi connectivity index (χ4v) is 6.65. The van der Waals surface area contributed by atoms with Gasteiger partial charge in [0.15, 0.2) is 0 Å². The first-order chi connectivity index (χ1) is 14.8. The molecule has 0 unspecified atom stereocenters. The van der Waals surface area contributed by atoms with Crippen molar-refractivity contribution in [3.05, 3.63) is 45.8 Å². The molecule has 10 heteroatoms. The number of anilines is 1. The van der Waals surface area contributed by atoms with Gasteiger partial charge in [0.25, 0.3) is 11.8 Å². The van der Waals surface area contributed by atoms with Gasteiger partial charge in [0, 0.05) is 23.5 Å². The number of rotatable bonds is 5. The molecule has 2 heterocycles. The summed E-state index contributed by atoms with van der Waals surface area (Å²) in [5, 5.41) is 3.26. The molecule has 4 rings (SSSR count). The van der Waals surface area contributed by atoms with Gasteiger partial charge in [-0.05, 0) is 55.0 Å². The highest BCUT2D eigenvalue weighted by Crippen LogP contribution is 2.39. The van der Waals surface area contributed by atoms with Crippen LogP contribution in [-0.2, 0) is 27.6 Å². The predicted octanol–water partition coefficient (Wildman–Crippen LogP) is 2.25. The van der Waals surface area contributed by atoms with Gasteiger partial charge in [-0.1, -0.05) is 6.92 Å². The van der Waals surface area contributed by atoms with Crippen molar-refractivity contribution >= 4 is 38.2 Å².